The molecule has 0 aromatic heterocycles. The molecule has 1 unspecified atom stereocenters. The van der Waals surface area contributed by atoms with Gasteiger partial charge < -0.3 is 19.7 Å². The molecular weight excluding hydrogens is 244 g/mol. The lowest BCUT2D eigenvalue weighted by Gasteiger charge is -2.21. The molecule has 1 N–H and O–H groups in total. The number of nitrogens with zero attached hydrogens (tertiary/aromatic N) is 1. The molecule has 1 aliphatic rings. The van der Waals surface area contributed by atoms with E-state index in [2.05, 4.69) is 5.32 Å². The van der Waals surface area contributed by atoms with Crippen LogP contribution in [0.5, 0.6) is 11.5 Å². The number of carbonyl (C=O) groups is 1. The fraction of sp³-hybridized carbons (Fsp3) is 0.500. The van der Waals surface area contributed by atoms with Crippen LogP contribution in [0, 0.1) is 0 Å². The molecular formula is C14H20N2O3. The zero-order chi connectivity index (χ0) is 13.8. The molecule has 1 aromatic carbocycles. The second kappa shape index (κ2) is 5.93. The van der Waals surface area contributed by atoms with Crippen molar-refractivity contribution in [2.45, 2.75) is 12.5 Å². The van der Waals surface area contributed by atoms with Crippen LogP contribution in [-0.2, 0) is 4.79 Å². The smallest absolute Gasteiger partial charge is 0.244 e. The topological polar surface area (TPSA) is 50.8 Å². The molecule has 1 heterocycles. The first kappa shape index (κ1) is 13.7. The van der Waals surface area contributed by atoms with Gasteiger partial charge in [0.25, 0.3) is 0 Å². The molecule has 1 atom stereocenters. The average Bonchev–Trinajstić information content (AvgIpc) is 2.61. The summed E-state index contributed by atoms with van der Waals surface area (Å²) in [6.45, 7) is 1.60. The van der Waals surface area contributed by atoms with Crippen LogP contribution in [-0.4, -0.2) is 45.2 Å². The summed E-state index contributed by atoms with van der Waals surface area (Å²) in [7, 11) is 5.04. The third kappa shape index (κ3) is 2.98. The Morgan fingerprint density at radius 3 is 2.42 bits per heavy atom. The minimum atomic E-state index is -0.337. The highest BCUT2D eigenvalue weighted by molar-refractivity contribution is 5.83. The number of hydrogen-bond donors (Lipinski definition) is 1. The molecule has 5 heteroatoms. The Kier molecular flexibility index (Phi) is 4.27. The largest absolute Gasteiger partial charge is 0.497 e. The molecule has 0 aliphatic carbocycles. The summed E-state index contributed by atoms with van der Waals surface area (Å²) in [4.78, 5) is 14.1. The molecule has 1 fully saturated rings. The highest BCUT2D eigenvalue weighted by Crippen LogP contribution is 2.28. The summed E-state index contributed by atoms with van der Waals surface area (Å²) in [6.07, 6.45) is 0.958. The lowest BCUT2D eigenvalue weighted by atomic mass is 10.0. The van der Waals surface area contributed by atoms with E-state index in [9.17, 15) is 4.79 Å². The van der Waals surface area contributed by atoms with Gasteiger partial charge in [0.15, 0.2) is 0 Å². The van der Waals surface area contributed by atoms with Gasteiger partial charge >= 0.3 is 0 Å². The summed E-state index contributed by atoms with van der Waals surface area (Å²) in [5.41, 5.74) is 0.870. The van der Waals surface area contributed by atoms with Crippen LogP contribution in [0.4, 0.5) is 0 Å². The van der Waals surface area contributed by atoms with E-state index in [0.717, 1.165) is 25.1 Å². The van der Waals surface area contributed by atoms with Gasteiger partial charge in [-0.3, -0.25) is 4.79 Å². The van der Waals surface area contributed by atoms with Crippen molar-refractivity contribution in [2.75, 3.05) is 34.4 Å². The van der Waals surface area contributed by atoms with E-state index in [1.807, 2.05) is 19.2 Å². The quantitative estimate of drug-likeness (QED) is 0.891. The van der Waals surface area contributed by atoms with Crippen molar-refractivity contribution in [3.63, 3.8) is 0 Å². The Morgan fingerprint density at radius 1 is 1.21 bits per heavy atom. The van der Waals surface area contributed by atoms with Gasteiger partial charge in [-0.05, 0) is 30.7 Å². The SMILES string of the molecule is COc1cc(OC)cc(C2NCCCN(C)C2=O)c1. The van der Waals surface area contributed by atoms with Gasteiger partial charge in [0.05, 0.1) is 14.2 Å². The zero-order valence-electron chi connectivity index (χ0n) is 11.6. The second-order valence-electron chi connectivity index (χ2n) is 4.65. The minimum absolute atomic E-state index is 0.0767. The number of methoxy groups -OCH3 is 2. The number of likely N-dealkylation sites (N-methyl/N-ethyl adjacent to an activating group) is 1. The monoisotopic (exact) mass is 264 g/mol. The number of hydrogen-bond acceptors (Lipinski definition) is 4. The summed E-state index contributed by atoms with van der Waals surface area (Å²) in [5.74, 6) is 1.46. The van der Waals surface area contributed by atoms with Crippen molar-refractivity contribution in [3.05, 3.63) is 23.8 Å². The summed E-state index contributed by atoms with van der Waals surface area (Å²) in [5, 5.41) is 3.28. The fourth-order valence-electron chi connectivity index (χ4n) is 2.24. The van der Waals surface area contributed by atoms with Crippen molar-refractivity contribution in [2.24, 2.45) is 0 Å². The molecule has 5 nitrogen and oxygen atoms in total. The summed E-state index contributed by atoms with van der Waals surface area (Å²) in [6, 6.07) is 5.21. The van der Waals surface area contributed by atoms with Gasteiger partial charge in [-0.15, -0.1) is 0 Å². The lowest BCUT2D eigenvalue weighted by molar-refractivity contribution is -0.131. The first-order valence-electron chi connectivity index (χ1n) is 6.37. The van der Waals surface area contributed by atoms with E-state index >= 15 is 0 Å². The van der Waals surface area contributed by atoms with Gasteiger partial charge in [-0.25, -0.2) is 0 Å². The van der Waals surface area contributed by atoms with Crippen molar-refractivity contribution in [1.29, 1.82) is 0 Å². The number of amides is 1. The summed E-state index contributed by atoms with van der Waals surface area (Å²) >= 11 is 0. The van der Waals surface area contributed by atoms with Crippen LogP contribution < -0.4 is 14.8 Å². The predicted octanol–water partition coefficient (Wildman–Crippen LogP) is 1.20. The maximum absolute atomic E-state index is 12.3. The van der Waals surface area contributed by atoms with E-state index in [4.69, 9.17) is 9.47 Å². The van der Waals surface area contributed by atoms with E-state index in [1.165, 1.54) is 0 Å². The van der Waals surface area contributed by atoms with Gasteiger partial charge in [0, 0.05) is 19.7 Å². The molecule has 0 radical (unpaired) electrons. The van der Waals surface area contributed by atoms with Gasteiger partial charge in [-0.1, -0.05) is 0 Å². The van der Waals surface area contributed by atoms with E-state index in [-0.39, 0.29) is 11.9 Å². The number of rotatable bonds is 3. The standard InChI is InChI=1S/C14H20N2O3/c1-16-6-4-5-15-13(14(16)17)10-7-11(18-2)9-12(8-10)19-3/h7-9,13,15H,4-6H2,1-3H3. The molecule has 1 aliphatic heterocycles. The average molecular weight is 264 g/mol. The molecule has 2 rings (SSSR count). The van der Waals surface area contributed by atoms with Gasteiger partial charge in [-0.2, -0.15) is 0 Å². The predicted molar refractivity (Wildman–Crippen MR) is 72.5 cm³/mol. The number of nitrogens with one attached hydrogen (secondary N) is 1. The fourth-order valence-corrected chi connectivity index (χ4v) is 2.24. The van der Waals surface area contributed by atoms with Crippen LogP contribution in [0.15, 0.2) is 18.2 Å². The van der Waals surface area contributed by atoms with Crippen molar-refractivity contribution >= 4 is 5.91 Å². The Labute approximate surface area is 113 Å². The van der Waals surface area contributed by atoms with Gasteiger partial charge in [0.1, 0.15) is 17.5 Å². The third-order valence-corrected chi connectivity index (χ3v) is 3.35. The Hall–Kier alpha value is -1.75. The van der Waals surface area contributed by atoms with Crippen LogP contribution in [0.1, 0.15) is 18.0 Å². The summed E-state index contributed by atoms with van der Waals surface area (Å²) < 4.78 is 10.5. The molecule has 104 valence electrons. The highest BCUT2D eigenvalue weighted by atomic mass is 16.5. The first-order chi connectivity index (χ1) is 9.15. The van der Waals surface area contributed by atoms with E-state index < -0.39 is 0 Å². The molecule has 0 saturated carbocycles. The van der Waals surface area contributed by atoms with Crippen LogP contribution in [0.25, 0.3) is 0 Å². The molecule has 1 aromatic rings. The van der Waals surface area contributed by atoms with E-state index in [1.54, 1.807) is 25.2 Å². The molecule has 0 spiro atoms. The van der Waals surface area contributed by atoms with E-state index in [0.29, 0.717) is 11.5 Å². The first-order valence-corrected chi connectivity index (χ1v) is 6.37. The normalized spacial score (nSPS) is 20.1. The number of benzene rings is 1. The molecule has 1 saturated heterocycles. The van der Waals surface area contributed by atoms with Crippen LogP contribution in [0.3, 0.4) is 0 Å². The Morgan fingerprint density at radius 2 is 1.84 bits per heavy atom. The second-order valence-corrected chi connectivity index (χ2v) is 4.65. The Balaban J connectivity index is 2.35. The molecule has 0 bridgehead atoms. The lowest BCUT2D eigenvalue weighted by Crippen LogP contribution is -2.35. The highest BCUT2D eigenvalue weighted by Gasteiger charge is 2.26. The van der Waals surface area contributed by atoms with Gasteiger partial charge in [0.2, 0.25) is 5.91 Å². The van der Waals surface area contributed by atoms with Crippen LogP contribution in [0.2, 0.25) is 0 Å². The maximum Gasteiger partial charge on any atom is 0.244 e. The zero-order valence-corrected chi connectivity index (χ0v) is 11.6. The number of carbonyl (C=O) groups excluding carboxylic acids is 1. The Bertz CT molecular complexity index is 440. The molecule has 19 heavy (non-hydrogen) atoms. The van der Waals surface area contributed by atoms with Crippen molar-refractivity contribution < 1.29 is 14.3 Å². The maximum atomic E-state index is 12.3. The van der Waals surface area contributed by atoms with Crippen molar-refractivity contribution in [3.8, 4) is 11.5 Å². The third-order valence-electron chi connectivity index (χ3n) is 3.35. The minimum Gasteiger partial charge on any atom is -0.497 e. The number of ether oxygens (including phenoxy) is 2. The van der Waals surface area contributed by atoms with Crippen molar-refractivity contribution in [1.82, 2.24) is 10.2 Å². The molecule has 1 amide bonds. The van der Waals surface area contributed by atoms with Crippen LogP contribution >= 0.6 is 0 Å².